The highest BCUT2D eigenvalue weighted by molar-refractivity contribution is 8.00. The molecule has 9 heteroatoms. The number of nitrogens with zero attached hydrogens (tertiary/aromatic N) is 3. The molecule has 0 bridgehead atoms. The third-order valence-corrected chi connectivity index (χ3v) is 5.16. The number of benzene rings is 2. The van der Waals surface area contributed by atoms with Crippen molar-refractivity contribution in [2.24, 2.45) is 7.05 Å². The van der Waals surface area contributed by atoms with Crippen LogP contribution in [0.1, 0.15) is 6.92 Å². The Hall–Kier alpha value is -2.94. The largest absolute Gasteiger partial charge is 0.496 e. The number of rotatable bonds is 6. The van der Waals surface area contributed by atoms with E-state index in [1.807, 2.05) is 24.3 Å². The van der Waals surface area contributed by atoms with E-state index in [9.17, 15) is 13.6 Å². The molecule has 0 aliphatic carbocycles. The molecular formula is C19H18F2N4O2S. The number of anilines is 1. The minimum atomic E-state index is -0.831. The van der Waals surface area contributed by atoms with Crippen LogP contribution in [0.2, 0.25) is 0 Å². The number of hydrogen-bond donors (Lipinski definition) is 1. The summed E-state index contributed by atoms with van der Waals surface area (Å²) in [5.74, 6) is -0.717. The molecular weight excluding hydrogens is 386 g/mol. The van der Waals surface area contributed by atoms with E-state index < -0.39 is 22.8 Å². The van der Waals surface area contributed by atoms with Crippen LogP contribution in [0.5, 0.6) is 5.75 Å². The van der Waals surface area contributed by atoms with Crippen molar-refractivity contribution in [1.29, 1.82) is 0 Å². The molecule has 0 radical (unpaired) electrons. The number of carbonyl (C=O) groups excluding carboxylic acids is 1. The Kier molecular flexibility index (Phi) is 5.93. The van der Waals surface area contributed by atoms with Gasteiger partial charge in [-0.1, -0.05) is 23.9 Å². The first-order chi connectivity index (χ1) is 13.4. The molecule has 1 atom stereocenters. The van der Waals surface area contributed by atoms with Gasteiger partial charge in [0.25, 0.3) is 0 Å². The first-order valence-corrected chi connectivity index (χ1v) is 9.24. The van der Waals surface area contributed by atoms with Crippen LogP contribution in [-0.2, 0) is 11.8 Å². The molecule has 0 spiro atoms. The Bertz CT molecular complexity index is 1010. The van der Waals surface area contributed by atoms with Crippen LogP contribution in [0.15, 0.2) is 47.6 Å². The molecule has 0 saturated heterocycles. The van der Waals surface area contributed by atoms with Crippen molar-refractivity contribution in [3.63, 3.8) is 0 Å². The van der Waals surface area contributed by atoms with Gasteiger partial charge in [0.1, 0.15) is 17.4 Å². The third-order valence-electron chi connectivity index (χ3n) is 4.02. The van der Waals surface area contributed by atoms with Crippen LogP contribution < -0.4 is 10.1 Å². The lowest BCUT2D eigenvalue weighted by Gasteiger charge is -2.12. The molecule has 28 heavy (non-hydrogen) atoms. The maximum Gasteiger partial charge on any atom is 0.237 e. The first-order valence-electron chi connectivity index (χ1n) is 8.36. The van der Waals surface area contributed by atoms with E-state index in [2.05, 4.69) is 15.5 Å². The lowest BCUT2D eigenvalue weighted by molar-refractivity contribution is -0.115. The second kappa shape index (κ2) is 8.39. The van der Waals surface area contributed by atoms with Gasteiger partial charge in [0.15, 0.2) is 11.0 Å². The number of ether oxygens (including phenoxy) is 1. The zero-order valence-corrected chi connectivity index (χ0v) is 16.3. The highest BCUT2D eigenvalue weighted by Gasteiger charge is 2.21. The number of nitrogens with one attached hydrogen (secondary N) is 1. The molecule has 2 aromatic carbocycles. The minimum absolute atomic E-state index is 0.0773. The fourth-order valence-electron chi connectivity index (χ4n) is 2.52. The standard InChI is InChI=1S/C19H18F2N4O2S/c1-11(18(26)22-15-9-8-12(20)10-14(15)21)28-19-24-23-17(25(19)2)13-6-4-5-7-16(13)27-3/h4-11H,1-3H3,(H,22,26)/t11-/m0/s1. The Morgan fingerprint density at radius 3 is 2.68 bits per heavy atom. The second-order valence-corrected chi connectivity index (χ2v) is 7.25. The summed E-state index contributed by atoms with van der Waals surface area (Å²) in [4.78, 5) is 12.4. The molecule has 0 saturated carbocycles. The van der Waals surface area contributed by atoms with Crippen LogP contribution >= 0.6 is 11.8 Å². The summed E-state index contributed by atoms with van der Waals surface area (Å²) >= 11 is 1.18. The zero-order chi connectivity index (χ0) is 20.3. The fourth-order valence-corrected chi connectivity index (χ4v) is 3.33. The Balaban J connectivity index is 1.75. The van der Waals surface area contributed by atoms with Crippen molar-refractivity contribution < 1.29 is 18.3 Å². The summed E-state index contributed by atoms with van der Waals surface area (Å²) < 4.78 is 33.8. The number of thioether (sulfide) groups is 1. The van der Waals surface area contributed by atoms with Gasteiger partial charge < -0.3 is 14.6 Å². The second-order valence-electron chi connectivity index (χ2n) is 5.94. The van der Waals surface area contributed by atoms with Crippen LogP contribution in [0.4, 0.5) is 14.5 Å². The molecule has 3 rings (SSSR count). The summed E-state index contributed by atoms with van der Waals surface area (Å²) in [5, 5.41) is 10.7. The SMILES string of the molecule is COc1ccccc1-c1nnc(S[C@@H](C)C(=O)Nc2ccc(F)cc2F)n1C. The van der Waals surface area contributed by atoms with Gasteiger partial charge in [-0.3, -0.25) is 4.79 Å². The number of halogens is 2. The number of hydrogen-bond acceptors (Lipinski definition) is 5. The van der Waals surface area contributed by atoms with Gasteiger partial charge in [-0.25, -0.2) is 8.78 Å². The maximum absolute atomic E-state index is 13.7. The zero-order valence-electron chi connectivity index (χ0n) is 15.4. The Morgan fingerprint density at radius 2 is 1.96 bits per heavy atom. The molecule has 1 aromatic heterocycles. The lowest BCUT2D eigenvalue weighted by atomic mass is 10.2. The van der Waals surface area contributed by atoms with Crippen LogP contribution in [-0.4, -0.2) is 33.0 Å². The van der Waals surface area contributed by atoms with E-state index in [0.29, 0.717) is 16.7 Å². The van der Waals surface area contributed by atoms with Gasteiger partial charge in [0, 0.05) is 13.1 Å². The smallest absolute Gasteiger partial charge is 0.237 e. The molecule has 0 fully saturated rings. The molecule has 1 N–H and O–H groups in total. The molecule has 146 valence electrons. The maximum atomic E-state index is 13.7. The van der Waals surface area contributed by atoms with Crippen molar-refractivity contribution in [2.45, 2.75) is 17.3 Å². The van der Waals surface area contributed by atoms with Crippen molar-refractivity contribution in [1.82, 2.24) is 14.8 Å². The normalized spacial score (nSPS) is 11.9. The third kappa shape index (κ3) is 4.14. The summed E-state index contributed by atoms with van der Waals surface area (Å²) in [6, 6.07) is 10.4. The highest BCUT2D eigenvalue weighted by Crippen LogP contribution is 2.31. The fraction of sp³-hybridized carbons (Fsp3) is 0.211. The summed E-state index contributed by atoms with van der Waals surface area (Å²) in [6.45, 7) is 1.67. The molecule has 1 amide bonds. The van der Waals surface area contributed by atoms with E-state index in [1.165, 1.54) is 17.8 Å². The summed E-state index contributed by atoms with van der Waals surface area (Å²) in [5.41, 5.74) is 0.698. The number of aromatic nitrogens is 3. The topological polar surface area (TPSA) is 69.0 Å². The Labute approximate surface area is 164 Å². The van der Waals surface area contributed by atoms with Crippen molar-refractivity contribution >= 4 is 23.4 Å². The highest BCUT2D eigenvalue weighted by atomic mass is 32.2. The lowest BCUT2D eigenvalue weighted by Crippen LogP contribution is -2.23. The molecule has 3 aromatic rings. The average molecular weight is 404 g/mol. The number of amides is 1. The monoisotopic (exact) mass is 404 g/mol. The van der Waals surface area contributed by atoms with E-state index in [4.69, 9.17) is 4.74 Å². The van der Waals surface area contributed by atoms with E-state index in [1.54, 1.807) is 25.6 Å². The van der Waals surface area contributed by atoms with Crippen molar-refractivity contribution in [2.75, 3.05) is 12.4 Å². The first kappa shape index (κ1) is 19.8. The molecule has 0 unspecified atom stereocenters. The summed E-state index contributed by atoms with van der Waals surface area (Å²) in [6.07, 6.45) is 0. The van der Waals surface area contributed by atoms with Gasteiger partial charge in [0.05, 0.1) is 23.6 Å². The average Bonchev–Trinajstić information content (AvgIpc) is 3.04. The van der Waals surface area contributed by atoms with Crippen LogP contribution in [0, 0.1) is 11.6 Å². The number of para-hydroxylation sites is 1. The summed E-state index contributed by atoms with van der Waals surface area (Å²) in [7, 11) is 3.36. The van der Waals surface area contributed by atoms with Crippen molar-refractivity contribution in [3.05, 3.63) is 54.1 Å². The van der Waals surface area contributed by atoms with Gasteiger partial charge in [-0.05, 0) is 31.2 Å². The van der Waals surface area contributed by atoms with Gasteiger partial charge in [-0.15, -0.1) is 10.2 Å². The van der Waals surface area contributed by atoms with E-state index >= 15 is 0 Å². The van der Waals surface area contributed by atoms with Gasteiger partial charge in [0.2, 0.25) is 5.91 Å². The predicted octanol–water partition coefficient (Wildman–Crippen LogP) is 3.89. The van der Waals surface area contributed by atoms with Crippen LogP contribution in [0.25, 0.3) is 11.4 Å². The van der Waals surface area contributed by atoms with Crippen molar-refractivity contribution in [3.8, 4) is 17.1 Å². The molecule has 6 nitrogen and oxygen atoms in total. The van der Waals surface area contributed by atoms with Gasteiger partial charge in [-0.2, -0.15) is 0 Å². The number of carbonyl (C=O) groups is 1. The Morgan fingerprint density at radius 1 is 1.21 bits per heavy atom. The predicted molar refractivity (Wildman–Crippen MR) is 103 cm³/mol. The van der Waals surface area contributed by atoms with E-state index in [0.717, 1.165) is 17.7 Å². The molecule has 0 aliphatic heterocycles. The van der Waals surface area contributed by atoms with E-state index in [-0.39, 0.29) is 5.69 Å². The quantitative estimate of drug-likeness (QED) is 0.632. The molecule has 0 aliphatic rings. The minimum Gasteiger partial charge on any atom is -0.496 e. The molecule has 1 heterocycles. The van der Waals surface area contributed by atoms with Crippen LogP contribution in [0.3, 0.4) is 0 Å². The van der Waals surface area contributed by atoms with Gasteiger partial charge >= 0.3 is 0 Å². The number of methoxy groups -OCH3 is 1.